The molecule has 0 aromatic heterocycles. The summed E-state index contributed by atoms with van der Waals surface area (Å²) in [5.41, 5.74) is 6.32. The molecule has 1 rings (SSSR count). The summed E-state index contributed by atoms with van der Waals surface area (Å²) in [5, 5.41) is 3.51. The van der Waals surface area contributed by atoms with E-state index >= 15 is 0 Å². The molecule has 0 saturated carbocycles. The first-order chi connectivity index (χ1) is 9.17. The van der Waals surface area contributed by atoms with Gasteiger partial charge in [-0.05, 0) is 37.1 Å². The molecule has 0 radical (unpaired) electrons. The van der Waals surface area contributed by atoms with Gasteiger partial charge < -0.3 is 15.8 Å². The number of amides is 1. The van der Waals surface area contributed by atoms with Crippen LogP contribution in [0.1, 0.15) is 44.7 Å². The van der Waals surface area contributed by atoms with Crippen LogP contribution in [0.25, 0.3) is 0 Å². The van der Waals surface area contributed by atoms with Gasteiger partial charge in [0.15, 0.2) is 0 Å². The van der Waals surface area contributed by atoms with Crippen molar-refractivity contribution in [3.05, 3.63) is 29.8 Å². The second kappa shape index (κ2) is 8.53. The fraction of sp³-hybridized carbons (Fsp3) is 0.533. The zero-order valence-corrected chi connectivity index (χ0v) is 11.8. The van der Waals surface area contributed by atoms with Crippen LogP contribution in [0, 0.1) is 0 Å². The maximum absolute atomic E-state index is 10.6. The zero-order chi connectivity index (χ0) is 14.1. The fourth-order valence-electron chi connectivity index (χ4n) is 1.88. The second-order valence-electron chi connectivity index (χ2n) is 4.55. The van der Waals surface area contributed by atoms with E-state index in [1.165, 1.54) is 5.56 Å². The number of nitrogens with one attached hydrogen (secondary N) is 1. The van der Waals surface area contributed by atoms with Crippen molar-refractivity contribution < 1.29 is 9.53 Å². The number of rotatable bonds is 9. The van der Waals surface area contributed by atoms with Gasteiger partial charge in [-0.1, -0.05) is 26.0 Å². The average molecular weight is 264 g/mol. The first-order valence-corrected chi connectivity index (χ1v) is 6.91. The lowest BCUT2D eigenvalue weighted by Crippen LogP contribution is -2.21. The topological polar surface area (TPSA) is 64.3 Å². The van der Waals surface area contributed by atoms with Crippen LogP contribution in [0.5, 0.6) is 5.75 Å². The van der Waals surface area contributed by atoms with Crippen LogP contribution < -0.4 is 15.8 Å². The third-order valence-corrected chi connectivity index (χ3v) is 2.95. The van der Waals surface area contributed by atoms with Gasteiger partial charge in [0, 0.05) is 6.04 Å². The van der Waals surface area contributed by atoms with Gasteiger partial charge in [0.1, 0.15) is 5.75 Å². The Hall–Kier alpha value is -1.55. The lowest BCUT2D eigenvalue weighted by Gasteiger charge is -2.17. The Kier molecular flexibility index (Phi) is 6.97. The summed E-state index contributed by atoms with van der Waals surface area (Å²) in [6, 6.07) is 8.39. The second-order valence-corrected chi connectivity index (χ2v) is 4.55. The lowest BCUT2D eigenvalue weighted by atomic mass is 10.0. The Morgan fingerprint density at radius 1 is 1.32 bits per heavy atom. The standard InChI is InChI=1S/C15H24N2O2/c1-3-10-17-14(4-2)12-5-7-13(8-6-12)19-11-9-15(16)18/h5-8,14,17H,3-4,9-11H2,1-2H3,(H2,16,18). The molecule has 19 heavy (non-hydrogen) atoms. The van der Waals surface area contributed by atoms with Gasteiger partial charge in [-0.25, -0.2) is 0 Å². The number of carbonyl (C=O) groups is 1. The Balaban J connectivity index is 2.51. The van der Waals surface area contributed by atoms with Crippen molar-refractivity contribution in [1.82, 2.24) is 5.32 Å². The number of benzene rings is 1. The molecular formula is C15H24N2O2. The van der Waals surface area contributed by atoms with Crippen molar-refractivity contribution in [1.29, 1.82) is 0 Å². The highest BCUT2D eigenvalue weighted by Crippen LogP contribution is 2.20. The molecule has 106 valence electrons. The third kappa shape index (κ3) is 5.75. The molecule has 0 aliphatic carbocycles. The lowest BCUT2D eigenvalue weighted by molar-refractivity contribution is -0.118. The summed E-state index contributed by atoms with van der Waals surface area (Å²) >= 11 is 0. The summed E-state index contributed by atoms with van der Waals surface area (Å²) in [6.07, 6.45) is 2.43. The van der Waals surface area contributed by atoms with Gasteiger partial charge in [0.05, 0.1) is 13.0 Å². The van der Waals surface area contributed by atoms with Gasteiger partial charge >= 0.3 is 0 Å². The van der Waals surface area contributed by atoms with Crippen molar-refractivity contribution >= 4 is 5.91 Å². The number of primary amides is 1. The molecule has 4 nitrogen and oxygen atoms in total. The monoisotopic (exact) mass is 264 g/mol. The molecule has 1 aromatic rings. The van der Waals surface area contributed by atoms with E-state index in [1.54, 1.807) is 0 Å². The normalized spacial score (nSPS) is 12.1. The van der Waals surface area contributed by atoms with Crippen molar-refractivity contribution in [2.75, 3.05) is 13.2 Å². The van der Waals surface area contributed by atoms with Crippen LogP contribution in [0.15, 0.2) is 24.3 Å². The first kappa shape index (κ1) is 15.5. The minimum Gasteiger partial charge on any atom is -0.493 e. The summed E-state index contributed by atoms with van der Waals surface area (Å²) in [5.74, 6) is 0.432. The number of hydrogen-bond donors (Lipinski definition) is 2. The van der Waals surface area contributed by atoms with Crippen LogP contribution in [0.3, 0.4) is 0 Å². The molecule has 0 aliphatic heterocycles. The predicted molar refractivity (Wildman–Crippen MR) is 77.1 cm³/mol. The van der Waals surface area contributed by atoms with E-state index in [2.05, 4.69) is 31.3 Å². The summed E-state index contributed by atoms with van der Waals surface area (Å²) < 4.78 is 5.45. The zero-order valence-electron chi connectivity index (χ0n) is 11.8. The average Bonchev–Trinajstić information content (AvgIpc) is 2.41. The highest BCUT2D eigenvalue weighted by atomic mass is 16.5. The molecule has 0 spiro atoms. The Bertz CT molecular complexity index is 376. The van der Waals surface area contributed by atoms with Crippen molar-refractivity contribution in [3.8, 4) is 5.75 Å². The van der Waals surface area contributed by atoms with E-state index < -0.39 is 0 Å². The third-order valence-electron chi connectivity index (χ3n) is 2.95. The van der Waals surface area contributed by atoms with Gasteiger partial charge in [-0.15, -0.1) is 0 Å². The van der Waals surface area contributed by atoms with Crippen LogP contribution >= 0.6 is 0 Å². The molecule has 1 amide bonds. The maximum atomic E-state index is 10.6. The molecule has 0 heterocycles. The van der Waals surface area contributed by atoms with Crippen molar-refractivity contribution in [2.24, 2.45) is 5.73 Å². The predicted octanol–water partition coefficient (Wildman–Crippen LogP) is 2.39. The van der Waals surface area contributed by atoms with Crippen molar-refractivity contribution in [2.45, 2.75) is 39.2 Å². The molecule has 0 saturated heterocycles. The van der Waals surface area contributed by atoms with Gasteiger partial charge in [0.2, 0.25) is 5.91 Å². The van der Waals surface area contributed by atoms with Crippen molar-refractivity contribution in [3.63, 3.8) is 0 Å². The quantitative estimate of drug-likeness (QED) is 0.720. The van der Waals surface area contributed by atoms with E-state index in [9.17, 15) is 4.79 Å². The highest BCUT2D eigenvalue weighted by Gasteiger charge is 2.07. The first-order valence-electron chi connectivity index (χ1n) is 6.91. The van der Waals surface area contributed by atoms with E-state index in [0.717, 1.165) is 25.1 Å². The summed E-state index contributed by atoms with van der Waals surface area (Å²) in [6.45, 7) is 5.69. The molecule has 1 aromatic carbocycles. The Labute approximate surface area is 115 Å². The minimum absolute atomic E-state index is 0.247. The Morgan fingerprint density at radius 2 is 2.00 bits per heavy atom. The summed E-state index contributed by atoms with van der Waals surface area (Å²) in [4.78, 5) is 10.6. The Morgan fingerprint density at radius 3 is 2.53 bits per heavy atom. The number of ether oxygens (including phenoxy) is 1. The molecule has 3 N–H and O–H groups in total. The van der Waals surface area contributed by atoms with Crippen LogP contribution in [0.4, 0.5) is 0 Å². The van der Waals surface area contributed by atoms with E-state index in [0.29, 0.717) is 12.6 Å². The van der Waals surface area contributed by atoms with Crippen LogP contribution in [-0.4, -0.2) is 19.1 Å². The minimum atomic E-state index is -0.341. The van der Waals surface area contributed by atoms with E-state index in [1.807, 2.05) is 12.1 Å². The molecule has 1 unspecified atom stereocenters. The van der Waals surface area contributed by atoms with Crippen LogP contribution in [-0.2, 0) is 4.79 Å². The van der Waals surface area contributed by atoms with E-state index in [-0.39, 0.29) is 12.3 Å². The van der Waals surface area contributed by atoms with Gasteiger partial charge in [-0.3, -0.25) is 4.79 Å². The van der Waals surface area contributed by atoms with Crippen LogP contribution in [0.2, 0.25) is 0 Å². The largest absolute Gasteiger partial charge is 0.493 e. The molecule has 4 heteroatoms. The molecule has 0 fully saturated rings. The highest BCUT2D eigenvalue weighted by molar-refractivity contribution is 5.73. The molecule has 1 atom stereocenters. The van der Waals surface area contributed by atoms with E-state index in [4.69, 9.17) is 10.5 Å². The molecular weight excluding hydrogens is 240 g/mol. The SMILES string of the molecule is CCCNC(CC)c1ccc(OCCC(N)=O)cc1. The number of nitrogens with two attached hydrogens (primary N) is 1. The fourth-order valence-corrected chi connectivity index (χ4v) is 1.88. The number of carbonyl (C=O) groups excluding carboxylic acids is 1. The smallest absolute Gasteiger partial charge is 0.220 e. The van der Waals surface area contributed by atoms with Gasteiger partial charge in [0.25, 0.3) is 0 Å². The molecule has 0 bridgehead atoms. The number of hydrogen-bond acceptors (Lipinski definition) is 3. The maximum Gasteiger partial charge on any atom is 0.220 e. The summed E-state index contributed by atoms with van der Waals surface area (Å²) in [7, 11) is 0. The van der Waals surface area contributed by atoms with Gasteiger partial charge in [-0.2, -0.15) is 0 Å². The molecule has 0 aliphatic rings.